The van der Waals surface area contributed by atoms with Crippen LogP contribution in [0.15, 0.2) is 0 Å². The van der Waals surface area contributed by atoms with Crippen molar-refractivity contribution in [2.75, 3.05) is 0 Å². The van der Waals surface area contributed by atoms with Gasteiger partial charge in [0.25, 0.3) is 0 Å². The van der Waals surface area contributed by atoms with Crippen LogP contribution in [0.1, 0.15) is 156 Å². The molecule has 0 aliphatic carbocycles. The van der Waals surface area contributed by atoms with Crippen LogP contribution in [-0.4, -0.2) is 0 Å². The molecule has 0 aromatic heterocycles. The fourth-order valence-electron chi connectivity index (χ4n) is 4.22. The number of hydrogen-bond acceptors (Lipinski definition) is 0. The zero-order valence-corrected chi connectivity index (χ0v) is 19.2. The van der Waals surface area contributed by atoms with Crippen LogP contribution in [0.2, 0.25) is 0 Å². The highest BCUT2D eigenvalue weighted by molar-refractivity contribution is 4.96. The zero-order chi connectivity index (χ0) is 19.3. The zero-order valence-electron chi connectivity index (χ0n) is 19.2. The summed E-state index contributed by atoms with van der Waals surface area (Å²) < 4.78 is 0. The molecular weight excluding hydrogens is 312 g/mol. The van der Waals surface area contributed by atoms with Gasteiger partial charge in [-0.15, -0.1) is 0 Å². The first-order valence-corrected chi connectivity index (χ1v) is 12.6. The van der Waals surface area contributed by atoms with Crippen LogP contribution < -0.4 is 0 Å². The normalized spacial score (nSPS) is 12.8. The maximum absolute atomic E-state index is 2.36. The van der Waals surface area contributed by atoms with E-state index in [1.54, 1.807) is 0 Å². The van der Waals surface area contributed by atoms with Crippen LogP contribution in [0.4, 0.5) is 0 Å². The fourth-order valence-corrected chi connectivity index (χ4v) is 4.22. The molecule has 1 radical (unpaired) electrons. The summed E-state index contributed by atoms with van der Waals surface area (Å²) in [6, 6.07) is 0. The lowest BCUT2D eigenvalue weighted by Gasteiger charge is -2.27. The van der Waals surface area contributed by atoms with Gasteiger partial charge in [0.2, 0.25) is 0 Å². The molecule has 0 bridgehead atoms. The maximum Gasteiger partial charge on any atom is -0.0210 e. The van der Waals surface area contributed by atoms with E-state index >= 15 is 0 Å². The second-order valence-electron chi connectivity index (χ2n) is 8.68. The fraction of sp³-hybridized carbons (Fsp3) is 0.962. The predicted molar refractivity (Wildman–Crippen MR) is 122 cm³/mol. The molecule has 0 saturated carbocycles. The molecule has 0 aromatic carbocycles. The summed E-state index contributed by atoms with van der Waals surface area (Å²) >= 11 is 0. The summed E-state index contributed by atoms with van der Waals surface area (Å²) in [5.41, 5.74) is 0. The van der Waals surface area contributed by atoms with Crippen molar-refractivity contribution >= 4 is 0 Å². The Balaban J connectivity index is 3.98. The molecule has 0 aromatic rings. The summed E-state index contributed by atoms with van der Waals surface area (Å²) in [7, 11) is 0. The molecule has 0 aliphatic heterocycles. The lowest BCUT2D eigenvalue weighted by atomic mass is 9.78. The molecule has 0 N–H and O–H groups in total. The van der Waals surface area contributed by atoms with Crippen LogP contribution in [-0.2, 0) is 0 Å². The maximum atomic E-state index is 2.36. The van der Waals surface area contributed by atoms with E-state index in [1.807, 2.05) is 5.92 Å². The number of rotatable bonds is 21. The molecule has 0 amide bonds. The van der Waals surface area contributed by atoms with Crippen LogP contribution in [0.25, 0.3) is 0 Å². The molecule has 0 nitrogen and oxygen atoms in total. The van der Waals surface area contributed by atoms with Gasteiger partial charge in [-0.2, -0.15) is 0 Å². The van der Waals surface area contributed by atoms with E-state index in [2.05, 4.69) is 27.7 Å². The summed E-state index contributed by atoms with van der Waals surface area (Å²) in [6.45, 7) is 9.36. The third kappa shape index (κ3) is 16.2. The third-order valence-electron chi connectivity index (χ3n) is 6.09. The summed E-state index contributed by atoms with van der Waals surface area (Å²) in [6.07, 6.45) is 28.8. The molecule has 157 valence electrons. The molecule has 0 spiro atoms. The minimum Gasteiger partial charge on any atom is -0.0654 e. The van der Waals surface area contributed by atoms with Gasteiger partial charge < -0.3 is 0 Å². The van der Waals surface area contributed by atoms with Crippen molar-refractivity contribution in [2.45, 2.75) is 156 Å². The molecule has 1 atom stereocenters. The van der Waals surface area contributed by atoms with E-state index in [0.717, 1.165) is 5.92 Å². The van der Waals surface area contributed by atoms with E-state index < -0.39 is 0 Å². The SMILES string of the molecule is CCCCCCCCCCCCC(CCCC)[C](CCCC)CCCC. The van der Waals surface area contributed by atoms with Gasteiger partial charge in [-0.05, 0) is 37.5 Å². The quantitative estimate of drug-likeness (QED) is 0.177. The molecule has 26 heavy (non-hydrogen) atoms. The van der Waals surface area contributed by atoms with Gasteiger partial charge in [0.05, 0.1) is 0 Å². The molecular formula is C26H53. The van der Waals surface area contributed by atoms with Crippen molar-refractivity contribution < 1.29 is 0 Å². The Morgan fingerprint density at radius 2 is 0.808 bits per heavy atom. The number of hydrogen-bond donors (Lipinski definition) is 0. The third-order valence-corrected chi connectivity index (χ3v) is 6.09. The Morgan fingerprint density at radius 3 is 1.27 bits per heavy atom. The summed E-state index contributed by atoms with van der Waals surface area (Å²) in [4.78, 5) is 0. The van der Waals surface area contributed by atoms with Crippen molar-refractivity contribution in [3.05, 3.63) is 5.92 Å². The summed E-state index contributed by atoms with van der Waals surface area (Å²) in [5, 5.41) is 0. The Morgan fingerprint density at radius 1 is 0.423 bits per heavy atom. The van der Waals surface area contributed by atoms with Crippen molar-refractivity contribution in [1.82, 2.24) is 0 Å². The van der Waals surface area contributed by atoms with Gasteiger partial charge >= 0.3 is 0 Å². The monoisotopic (exact) mass is 365 g/mol. The van der Waals surface area contributed by atoms with Crippen molar-refractivity contribution in [1.29, 1.82) is 0 Å². The van der Waals surface area contributed by atoms with E-state index in [-0.39, 0.29) is 0 Å². The number of unbranched alkanes of at least 4 members (excludes halogenated alkanes) is 12. The van der Waals surface area contributed by atoms with E-state index in [0.29, 0.717) is 0 Å². The van der Waals surface area contributed by atoms with Crippen molar-refractivity contribution in [3.63, 3.8) is 0 Å². The molecule has 0 saturated heterocycles. The van der Waals surface area contributed by atoms with E-state index in [9.17, 15) is 0 Å². The second-order valence-corrected chi connectivity index (χ2v) is 8.68. The summed E-state index contributed by atoms with van der Waals surface area (Å²) in [5.74, 6) is 2.89. The minimum absolute atomic E-state index is 0.946. The Hall–Kier alpha value is 0. The smallest absolute Gasteiger partial charge is 0.0210 e. The predicted octanol–water partition coefficient (Wildman–Crippen LogP) is 10.1. The van der Waals surface area contributed by atoms with Gasteiger partial charge in [0.15, 0.2) is 0 Å². The highest BCUT2D eigenvalue weighted by Crippen LogP contribution is 2.34. The molecule has 0 fully saturated rings. The van der Waals surface area contributed by atoms with Crippen molar-refractivity contribution in [2.24, 2.45) is 5.92 Å². The largest absolute Gasteiger partial charge is 0.0654 e. The minimum atomic E-state index is 0.946. The standard InChI is InChI=1S/C26H53/c1-5-9-13-14-15-16-17-18-19-20-24-26(23-12-8-4)25(21-10-6-2)22-11-7-3/h26H,5-24H2,1-4H3. The topological polar surface area (TPSA) is 0 Å². The Kier molecular flexibility index (Phi) is 21.3. The lowest BCUT2D eigenvalue weighted by molar-refractivity contribution is 0.380. The van der Waals surface area contributed by atoms with E-state index in [1.165, 1.54) is 128 Å². The first kappa shape index (κ1) is 26.0. The lowest BCUT2D eigenvalue weighted by Crippen LogP contribution is -2.14. The molecule has 0 heterocycles. The molecule has 0 heteroatoms. The molecule has 0 aliphatic rings. The Labute approximate surface area is 168 Å². The first-order chi connectivity index (χ1) is 12.8. The average molecular weight is 366 g/mol. The van der Waals surface area contributed by atoms with Gasteiger partial charge in [-0.3, -0.25) is 0 Å². The van der Waals surface area contributed by atoms with Crippen LogP contribution in [0, 0.1) is 11.8 Å². The highest BCUT2D eigenvalue weighted by atomic mass is 14.3. The van der Waals surface area contributed by atoms with Gasteiger partial charge in [-0.25, -0.2) is 0 Å². The van der Waals surface area contributed by atoms with Gasteiger partial charge in [0, 0.05) is 0 Å². The van der Waals surface area contributed by atoms with Crippen molar-refractivity contribution in [3.8, 4) is 0 Å². The van der Waals surface area contributed by atoms with Crippen LogP contribution >= 0.6 is 0 Å². The Bertz CT molecular complexity index is 236. The van der Waals surface area contributed by atoms with Gasteiger partial charge in [0.1, 0.15) is 0 Å². The highest BCUT2D eigenvalue weighted by Gasteiger charge is 2.20. The first-order valence-electron chi connectivity index (χ1n) is 12.6. The molecule has 1 unspecified atom stereocenters. The van der Waals surface area contributed by atoms with Crippen LogP contribution in [0.3, 0.4) is 0 Å². The molecule has 0 rings (SSSR count). The van der Waals surface area contributed by atoms with Crippen LogP contribution in [0.5, 0.6) is 0 Å². The van der Waals surface area contributed by atoms with Gasteiger partial charge in [-0.1, -0.05) is 130 Å². The second kappa shape index (κ2) is 21.3. The van der Waals surface area contributed by atoms with E-state index in [4.69, 9.17) is 0 Å². The average Bonchev–Trinajstić information content (AvgIpc) is 2.66.